The second-order valence-corrected chi connectivity index (χ2v) is 8.69. The maximum atomic E-state index is 14.2. The number of benzene rings is 4. The molecule has 0 aliphatic heterocycles. The standard InChI is InChI=1S/C29H24F5NO2/c1-3-4-8-18-13-14-19(37-28-26(33)24(31)23(30)25(32)27(28)34)15-22(18)29(36)35-16(2)20-12-7-10-17-9-5-6-11-21(17)20/h5-7,9-16H,3-4,8H2,1-2H3,(H,35,36)/t16-/m1/s1. The minimum Gasteiger partial charge on any atom is -0.451 e. The van der Waals surface area contributed by atoms with Crippen molar-refractivity contribution >= 4 is 16.7 Å². The lowest BCUT2D eigenvalue weighted by molar-refractivity contribution is 0.0939. The minimum atomic E-state index is -2.28. The summed E-state index contributed by atoms with van der Waals surface area (Å²) < 4.78 is 74.0. The summed E-state index contributed by atoms with van der Waals surface area (Å²) in [4.78, 5) is 13.4. The van der Waals surface area contributed by atoms with Crippen LogP contribution < -0.4 is 10.1 Å². The molecule has 0 spiro atoms. The summed E-state index contributed by atoms with van der Waals surface area (Å²) in [5, 5.41) is 4.94. The summed E-state index contributed by atoms with van der Waals surface area (Å²) in [6.07, 6.45) is 2.18. The monoisotopic (exact) mass is 513 g/mol. The molecule has 4 aromatic rings. The van der Waals surface area contributed by atoms with Crippen molar-refractivity contribution in [2.45, 2.75) is 39.2 Å². The molecule has 0 aliphatic rings. The van der Waals surface area contributed by atoms with E-state index < -0.39 is 46.8 Å². The van der Waals surface area contributed by atoms with Crippen LogP contribution in [0.5, 0.6) is 11.5 Å². The zero-order valence-electron chi connectivity index (χ0n) is 20.2. The van der Waals surface area contributed by atoms with Crippen LogP contribution in [0.4, 0.5) is 22.0 Å². The second-order valence-electron chi connectivity index (χ2n) is 8.69. The summed E-state index contributed by atoms with van der Waals surface area (Å²) in [7, 11) is 0. The number of halogens is 5. The number of carbonyl (C=O) groups excluding carboxylic acids is 1. The Morgan fingerprint density at radius 1 is 0.865 bits per heavy atom. The Labute approximate surface area is 210 Å². The third-order valence-corrected chi connectivity index (χ3v) is 6.15. The van der Waals surface area contributed by atoms with Gasteiger partial charge in [0, 0.05) is 5.56 Å². The second kappa shape index (κ2) is 11.0. The van der Waals surface area contributed by atoms with Crippen LogP contribution in [0.1, 0.15) is 54.2 Å². The van der Waals surface area contributed by atoms with Gasteiger partial charge in [0.15, 0.2) is 0 Å². The molecule has 0 unspecified atom stereocenters. The van der Waals surface area contributed by atoms with E-state index in [-0.39, 0.29) is 11.3 Å². The molecule has 8 heteroatoms. The summed E-state index contributed by atoms with van der Waals surface area (Å²) in [6, 6.07) is 17.3. The number of amides is 1. The molecule has 4 aromatic carbocycles. The van der Waals surface area contributed by atoms with E-state index in [1.807, 2.05) is 56.3 Å². The number of fused-ring (bicyclic) bond motifs is 1. The lowest BCUT2D eigenvalue weighted by Crippen LogP contribution is -2.27. The van der Waals surface area contributed by atoms with Crippen LogP contribution in [-0.4, -0.2) is 5.91 Å². The van der Waals surface area contributed by atoms with Gasteiger partial charge in [0.2, 0.25) is 34.8 Å². The summed E-state index contributed by atoms with van der Waals surface area (Å²) in [5.41, 5.74) is 1.74. The van der Waals surface area contributed by atoms with E-state index >= 15 is 0 Å². The first-order chi connectivity index (χ1) is 17.7. The fourth-order valence-corrected chi connectivity index (χ4v) is 4.19. The highest BCUT2D eigenvalue weighted by atomic mass is 19.2. The van der Waals surface area contributed by atoms with Gasteiger partial charge < -0.3 is 10.1 Å². The SMILES string of the molecule is CCCCc1ccc(Oc2c(F)c(F)c(F)c(F)c2F)cc1C(=O)N[C@H](C)c1cccc2ccccc12. The largest absolute Gasteiger partial charge is 0.451 e. The van der Waals surface area contributed by atoms with Crippen LogP contribution >= 0.6 is 0 Å². The molecule has 0 saturated carbocycles. The molecule has 0 bridgehead atoms. The molecule has 1 N–H and O–H groups in total. The summed E-state index contributed by atoms with van der Waals surface area (Å²) in [5.74, 6) is -12.8. The van der Waals surface area contributed by atoms with Crippen molar-refractivity contribution in [1.82, 2.24) is 5.32 Å². The average molecular weight is 514 g/mol. The van der Waals surface area contributed by atoms with Crippen molar-refractivity contribution in [2.75, 3.05) is 0 Å². The highest BCUT2D eigenvalue weighted by Crippen LogP contribution is 2.34. The third-order valence-electron chi connectivity index (χ3n) is 6.15. The predicted octanol–water partition coefficient (Wildman–Crippen LogP) is 8.16. The Balaban J connectivity index is 1.67. The van der Waals surface area contributed by atoms with E-state index in [4.69, 9.17) is 4.74 Å². The first-order valence-electron chi connectivity index (χ1n) is 11.8. The number of carbonyl (C=O) groups is 1. The number of nitrogens with one attached hydrogen (secondary N) is 1. The molecule has 0 fully saturated rings. The molecule has 0 heterocycles. The Morgan fingerprint density at radius 3 is 2.22 bits per heavy atom. The first-order valence-corrected chi connectivity index (χ1v) is 11.8. The quantitative estimate of drug-likeness (QED) is 0.147. The van der Waals surface area contributed by atoms with Gasteiger partial charge in [-0.15, -0.1) is 0 Å². The molecule has 1 atom stereocenters. The predicted molar refractivity (Wildman–Crippen MR) is 131 cm³/mol. The highest BCUT2D eigenvalue weighted by molar-refractivity contribution is 5.97. The molecule has 192 valence electrons. The highest BCUT2D eigenvalue weighted by Gasteiger charge is 2.28. The number of hydrogen-bond donors (Lipinski definition) is 1. The van der Waals surface area contributed by atoms with E-state index in [9.17, 15) is 26.7 Å². The molecule has 0 aromatic heterocycles. The Kier molecular flexibility index (Phi) is 7.76. The van der Waals surface area contributed by atoms with Crippen molar-refractivity contribution in [1.29, 1.82) is 0 Å². The molecule has 3 nitrogen and oxygen atoms in total. The van der Waals surface area contributed by atoms with Crippen molar-refractivity contribution in [3.63, 3.8) is 0 Å². The molecule has 1 amide bonds. The normalized spacial score (nSPS) is 12.0. The lowest BCUT2D eigenvalue weighted by Gasteiger charge is -2.19. The molecular formula is C29H24F5NO2. The topological polar surface area (TPSA) is 38.3 Å². The molecule has 0 aliphatic carbocycles. The first kappa shape index (κ1) is 26.1. The molecule has 0 saturated heterocycles. The van der Waals surface area contributed by atoms with Gasteiger partial charge in [-0.05, 0) is 53.8 Å². The number of aryl methyl sites for hydroxylation is 1. The summed E-state index contributed by atoms with van der Waals surface area (Å²) >= 11 is 0. The van der Waals surface area contributed by atoms with Crippen molar-refractivity contribution in [2.24, 2.45) is 0 Å². The van der Waals surface area contributed by atoms with E-state index in [2.05, 4.69) is 5.32 Å². The number of rotatable bonds is 8. The zero-order chi connectivity index (χ0) is 26.7. The van der Waals surface area contributed by atoms with Gasteiger partial charge in [0.05, 0.1) is 6.04 Å². The van der Waals surface area contributed by atoms with Gasteiger partial charge in [-0.25, -0.2) is 13.2 Å². The average Bonchev–Trinajstić information content (AvgIpc) is 2.91. The fraction of sp³-hybridized carbons (Fsp3) is 0.207. The van der Waals surface area contributed by atoms with E-state index in [1.54, 1.807) is 6.07 Å². The van der Waals surface area contributed by atoms with Crippen LogP contribution in [0.15, 0.2) is 60.7 Å². The van der Waals surface area contributed by atoms with E-state index in [1.165, 1.54) is 12.1 Å². The van der Waals surface area contributed by atoms with Crippen LogP contribution in [-0.2, 0) is 6.42 Å². The third kappa shape index (κ3) is 5.28. The van der Waals surface area contributed by atoms with E-state index in [0.717, 1.165) is 29.2 Å². The smallest absolute Gasteiger partial charge is 0.252 e. The van der Waals surface area contributed by atoms with Crippen molar-refractivity contribution in [3.8, 4) is 11.5 Å². The van der Waals surface area contributed by atoms with Gasteiger partial charge in [-0.3, -0.25) is 4.79 Å². The maximum absolute atomic E-state index is 14.2. The Hall–Kier alpha value is -3.94. The molecule has 0 radical (unpaired) electrons. The number of ether oxygens (including phenoxy) is 1. The van der Waals surface area contributed by atoms with Gasteiger partial charge in [-0.2, -0.15) is 8.78 Å². The molecular weight excluding hydrogens is 489 g/mol. The zero-order valence-corrected chi connectivity index (χ0v) is 20.2. The maximum Gasteiger partial charge on any atom is 0.252 e. The van der Waals surface area contributed by atoms with E-state index in [0.29, 0.717) is 12.0 Å². The van der Waals surface area contributed by atoms with Crippen LogP contribution in [0.3, 0.4) is 0 Å². The Bertz CT molecular complexity index is 1440. The van der Waals surface area contributed by atoms with Crippen LogP contribution in [0.25, 0.3) is 10.8 Å². The van der Waals surface area contributed by atoms with Gasteiger partial charge in [-0.1, -0.05) is 61.9 Å². The minimum absolute atomic E-state index is 0.182. The molecule has 37 heavy (non-hydrogen) atoms. The van der Waals surface area contributed by atoms with Gasteiger partial charge >= 0.3 is 0 Å². The lowest BCUT2D eigenvalue weighted by atomic mass is 9.98. The van der Waals surface area contributed by atoms with Crippen molar-refractivity contribution < 1.29 is 31.5 Å². The van der Waals surface area contributed by atoms with Crippen molar-refractivity contribution in [3.05, 3.63) is 106 Å². The number of hydrogen-bond acceptors (Lipinski definition) is 2. The van der Waals surface area contributed by atoms with Gasteiger partial charge in [0.25, 0.3) is 5.91 Å². The fourth-order valence-electron chi connectivity index (χ4n) is 4.19. The molecule has 4 rings (SSSR count). The van der Waals surface area contributed by atoms with Crippen LogP contribution in [0.2, 0.25) is 0 Å². The summed E-state index contributed by atoms with van der Waals surface area (Å²) in [6.45, 7) is 3.82. The Morgan fingerprint density at radius 2 is 1.51 bits per heavy atom. The van der Waals surface area contributed by atoms with Crippen LogP contribution in [0, 0.1) is 29.1 Å². The van der Waals surface area contributed by atoms with Gasteiger partial charge in [0.1, 0.15) is 5.75 Å². The number of unbranched alkanes of at least 4 members (excludes halogenated alkanes) is 1.